The van der Waals surface area contributed by atoms with E-state index in [1.165, 1.54) is 12.8 Å². The van der Waals surface area contributed by atoms with E-state index in [2.05, 4.69) is 10.2 Å². The van der Waals surface area contributed by atoms with Gasteiger partial charge in [-0.05, 0) is 12.8 Å². The summed E-state index contributed by atoms with van der Waals surface area (Å²) in [6.45, 7) is 0.887. The van der Waals surface area contributed by atoms with E-state index < -0.39 is 0 Å². The molecule has 0 aromatic carbocycles. The van der Waals surface area contributed by atoms with Crippen molar-refractivity contribution >= 4 is 6.01 Å². The van der Waals surface area contributed by atoms with Crippen LogP contribution in [-0.4, -0.2) is 34.5 Å². The van der Waals surface area contributed by atoms with Gasteiger partial charge in [-0.1, -0.05) is 17.9 Å². The minimum atomic E-state index is 0.0941. The molecule has 0 bridgehead atoms. The van der Waals surface area contributed by atoms with Crippen LogP contribution in [0.3, 0.4) is 0 Å². The van der Waals surface area contributed by atoms with E-state index >= 15 is 0 Å². The van der Waals surface area contributed by atoms with Gasteiger partial charge in [0.1, 0.15) is 0 Å². The number of aliphatic hydroxyl groups is 1. The zero-order valence-corrected chi connectivity index (χ0v) is 9.30. The first-order valence-electron chi connectivity index (χ1n) is 5.75. The number of aromatic nitrogens is 2. The van der Waals surface area contributed by atoms with Crippen LogP contribution >= 0.6 is 0 Å². The van der Waals surface area contributed by atoms with Gasteiger partial charge in [0.2, 0.25) is 5.89 Å². The third kappa shape index (κ3) is 2.33. The predicted octanol–water partition coefficient (Wildman–Crippen LogP) is 0.270. The van der Waals surface area contributed by atoms with Crippen LogP contribution in [0.5, 0.6) is 0 Å². The highest BCUT2D eigenvalue weighted by Gasteiger charge is 2.26. The van der Waals surface area contributed by atoms with Crippen molar-refractivity contribution in [3.63, 3.8) is 0 Å². The van der Waals surface area contributed by atoms with Gasteiger partial charge in [0, 0.05) is 12.6 Å². The van der Waals surface area contributed by atoms with Crippen LogP contribution in [0, 0.1) is 0 Å². The normalized spacial score (nSPS) is 16.9. The van der Waals surface area contributed by atoms with Crippen LogP contribution in [0.4, 0.5) is 6.01 Å². The van der Waals surface area contributed by atoms with Gasteiger partial charge in [-0.15, -0.1) is 5.10 Å². The molecule has 1 aliphatic rings. The van der Waals surface area contributed by atoms with E-state index in [0.717, 1.165) is 12.8 Å². The van der Waals surface area contributed by atoms with Crippen LogP contribution in [0.1, 0.15) is 31.6 Å². The summed E-state index contributed by atoms with van der Waals surface area (Å²) in [7, 11) is 0. The van der Waals surface area contributed by atoms with Gasteiger partial charge in [-0.2, -0.15) is 0 Å². The van der Waals surface area contributed by atoms with Crippen molar-refractivity contribution in [3.8, 4) is 0 Å². The van der Waals surface area contributed by atoms with Crippen molar-refractivity contribution in [1.82, 2.24) is 10.2 Å². The molecule has 0 aliphatic heterocycles. The first-order valence-corrected chi connectivity index (χ1v) is 5.75. The molecule has 0 radical (unpaired) electrons. The predicted molar refractivity (Wildman–Crippen MR) is 58.9 cm³/mol. The molecule has 0 unspecified atom stereocenters. The van der Waals surface area contributed by atoms with E-state index in [4.69, 9.17) is 15.3 Å². The van der Waals surface area contributed by atoms with Crippen LogP contribution in [0.2, 0.25) is 0 Å². The average Bonchev–Trinajstić information content (AvgIpc) is 2.97. The molecule has 0 amide bonds. The van der Waals surface area contributed by atoms with Crippen LogP contribution in [0.15, 0.2) is 4.42 Å². The van der Waals surface area contributed by atoms with E-state index in [-0.39, 0.29) is 13.2 Å². The second-order valence-corrected chi connectivity index (χ2v) is 4.04. The lowest BCUT2D eigenvalue weighted by molar-refractivity contribution is 0.292. The largest absolute Gasteiger partial charge is 0.407 e. The SMILES string of the molecule is NCc1nnc(N(CCO)C2CCCC2)o1. The number of nitrogens with zero attached hydrogens (tertiary/aromatic N) is 3. The second-order valence-electron chi connectivity index (χ2n) is 4.04. The molecular formula is C10H18N4O2. The third-order valence-corrected chi connectivity index (χ3v) is 2.98. The van der Waals surface area contributed by atoms with Crippen LogP contribution < -0.4 is 10.6 Å². The van der Waals surface area contributed by atoms with Crippen molar-refractivity contribution < 1.29 is 9.52 Å². The summed E-state index contributed by atoms with van der Waals surface area (Å²) in [6.07, 6.45) is 4.70. The monoisotopic (exact) mass is 226 g/mol. The zero-order valence-electron chi connectivity index (χ0n) is 9.30. The Morgan fingerprint density at radius 3 is 2.69 bits per heavy atom. The maximum atomic E-state index is 9.07. The summed E-state index contributed by atoms with van der Waals surface area (Å²) in [6, 6.07) is 0.902. The Morgan fingerprint density at radius 1 is 1.38 bits per heavy atom. The lowest BCUT2D eigenvalue weighted by atomic mass is 10.2. The standard InChI is InChI=1S/C10H18N4O2/c11-7-9-12-13-10(16-9)14(5-6-15)8-3-1-2-4-8/h8,15H,1-7,11H2. The van der Waals surface area contributed by atoms with Crippen LogP contribution in [0.25, 0.3) is 0 Å². The van der Waals surface area contributed by atoms with Gasteiger partial charge in [-0.25, -0.2) is 0 Å². The molecule has 1 aliphatic carbocycles. The molecule has 0 spiro atoms. The van der Waals surface area contributed by atoms with Gasteiger partial charge in [0.25, 0.3) is 0 Å². The molecule has 1 aromatic heterocycles. The fourth-order valence-electron chi connectivity index (χ4n) is 2.20. The van der Waals surface area contributed by atoms with E-state index in [1.807, 2.05) is 4.90 Å². The number of hydrogen-bond donors (Lipinski definition) is 2. The molecule has 3 N–H and O–H groups in total. The fraction of sp³-hybridized carbons (Fsp3) is 0.800. The molecule has 1 saturated carbocycles. The smallest absolute Gasteiger partial charge is 0.318 e. The number of rotatable bonds is 5. The van der Waals surface area contributed by atoms with Gasteiger partial charge >= 0.3 is 6.01 Å². The maximum absolute atomic E-state index is 9.07. The molecule has 0 atom stereocenters. The molecular weight excluding hydrogens is 208 g/mol. The lowest BCUT2D eigenvalue weighted by Gasteiger charge is -2.25. The van der Waals surface area contributed by atoms with Crippen molar-refractivity contribution in [2.45, 2.75) is 38.3 Å². The Balaban J connectivity index is 2.10. The number of nitrogens with two attached hydrogens (primary N) is 1. The minimum absolute atomic E-state index is 0.0941. The Kier molecular flexibility index (Phi) is 3.74. The zero-order chi connectivity index (χ0) is 11.4. The van der Waals surface area contributed by atoms with Gasteiger partial charge in [-0.3, -0.25) is 0 Å². The summed E-state index contributed by atoms with van der Waals surface area (Å²) >= 11 is 0. The molecule has 6 heteroatoms. The lowest BCUT2D eigenvalue weighted by Crippen LogP contribution is -2.35. The van der Waals surface area contributed by atoms with Crippen LogP contribution in [-0.2, 0) is 6.54 Å². The molecule has 1 heterocycles. The molecule has 6 nitrogen and oxygen atoms in total. The third-order valence-electron chi connectivity index (χ3n) is 2.98. The Morgan fingerprint density at radius 2 is 2.12 bits per heavy atom. The molecule has 1 fully saturated rings. The summed E-state index contributed by atoms with van der Waals surface area (Å²) in [5.41, 5.74) is 5.43. The van der Waals surface area contributed by atoms with Gasteiger partial charge < -0.3 is 20.2 Å². The highest BCUT2D eigenvalue weighted by molar-refractivity contribution is 5.27. The quantitative estimate of drug-likeness (QED) is 0.749. The first-order chi connectivity index (χ1) is 7.85. The van der Waals surface area contributed by atoms with E-state index in [1.54, 1.807) is 0 Å². The summed E-state index contributed by atoms with van der Waals surface area (Å²) in [5, 5.41) is 16.9. The fourth-order valence-corrected chi connectivity index (χ4v) is 2.20. The van der Waals surface area contributed by atoms with Crippen molar-refractivity contribution in [2.75, 3.05) is 18.1 Å². The number of hydrogen-bond acceptors (Lipinski definition) is 6. The Labute approximate surface area is 94.4 Å². The number of anilines is 1. The first kappa shape index (κ1) is 11.3. The summed E-state index contributed by atoms with van der Waals surface area (Å²) in [5.74, 6) is 0.441. The minimum Gasteiger partial charge on any atom is -0.407 e. The van der Waals surface area contributed by atoms with Gasteiger partial charge in [0.05, 0.1) is 13.2 Å². The highest BCUT2D eigenvalue weighted by Crippen LogP contribution is 2.27. The molecule has 2 rings (SSSR count). The van der Waals surface area contributed by atoms with Crippen molar-refractivity contribution in [3.05, 3.63) is 5.89 Å². The topological polar surface area (TPSA) is 88.4 Å². The second kappa shape index (κ2) is 5.27. The molecule has 90 valence electrons. The van der Waals surface area contributed by atoms with E-state index in [0.29, 0.717) is 24.5 Å². The van der Waals surface area contributed by atoms with Gasteiger partial charge in [0.15, 0.2) is 0 Å². The Bertz CT molecular complexity index is 322. The van der Waals surface area contributed by atoms with Crippen molar-refractivity contribution in [1.29, 1.82) is 0 Å². The molecule has 0 saturated heterocycles. The Hall–Kier alpha value is -1.14. The molecule has 1 aromatic rings. The molecule has 16 heavy (non-hydrogen) atoms. The maximum Gasteiger partial charge on any atom is 0.318 e. The summed E-state index contributed by atoms with van der Waals surface area (Å²) < 4.78 is 5.43. The van der Waals surface area contributed by atoms with E-state index in [9.17, 15) is 0 Å². The van der Waals surface area contributed by atoms with Crippen molar-refractivity contribution in [2.24, 2.45) is 5.73 Å². The summed E-state index contributed by atoms with van der Waals surface area (Å²) in [4.78, 5) is 2.00. The highest BCUT2D eigenvalue weighted by atomic mass is 16.4. The number of aliphatic hydroxyl groups excluding tert-OH is 1. The average molecular weight is 226 g/mol.